The first kappa shape index (κ1) is 16.1. The Morgan fingerprint density at radius 3 is 2.88 bits per heavy atom. The van der Waals surface area contributed by atoms with Gasteiger partial charge in [-0.15, -0.1) is 0 Å². The van der Waals surface area contributed by atoms with Crippen molar-refractivity contribution in [3.8, 4) is 0 Å². The Bertz CT molecular complexity index is 730. The van der Waals surface area contributed by atoms with Crippen molar-refractivity contribution < 1.29 is 9.32 Å². The third-order valence-corrected chi connectivity index (χ3v) is 5.27. The minimum atomic E-state index is 0.0318. The second-order valence-corrected chi connectivity index (χ2v) is 7.03. The molecule has 2 unspecified atom stereocenters. The van der Waals surface area contributed by atoms with Crippen molar-refractivity contribution in [2.45, 2.75) is 38.6 Å². The van der Waals surface area contributed by atoms with Gasteiger partial charge in [0.1, 0.15) is 17.3 Å². The van der Waals surface area contributed by atoms with Crippen LogP contribution in [0.5, 0.6) is 0 Å². The van der Waals surface area contributed by atoms with E-state index >= 15 is 0 Å². The van der Waals surface area contributed by atoms with Gasteiger partial charge in [-0.25, -0.2) is 4.98 Å². The van der Waals surface area contributed by atoms with Gasteiger partial charge >= 0.3 is 0 Å². The third-order valence-electron chi connectivity index (χ3n) is 5.27. The van der Waals surface area contributed by atoms with Gasteiger partial charge in [-0.1, -0.05) is 11.2 Å². The van der Waals surface area contributed by atoms with E-state index in [9.17, 15) is 4.79 Å². The molecular weight excluding hydrogens is 316 g/mol. The Morgan fingerprint density at radius 2 is 2.12 bits per heavy atom. The fraction of sp³-hybridized carbons (Fsp3) is 0.526. The summed E-state index contributed by atoms with van der Waals surface area (Å²) in [5.74, 6) is 2.05. The highest BCUT2D eigenvalue weighted by Crippen LogP contribution is 2.34. The SMILES string of the molecule is Cc1cc(C2CCCN2C(=O)C2CCCN(c3ccccn3)C2)no1. The lowest BCUT2D eigenvalue weighted by Gasteiger charge is -2.35. The number of rotatable bonds is 3. The molecule has 2 saturated heterocycles. The van der Waals surface area contributed by atoms with Crippen LogP contribution in [0.25, 0.3) is 0 Å². The number of aromatic nitrogens is 2. The molecule has 0 spiro atoms. The van der Waals surface area contributed by atoms with Gasteiger partial charge in [0.2, 0.25) is 5.91 Å². The normalized spacial score (nSPS) is 23.9. The summed E-state index contributed by atoms with van der Waals surface area (Å²) in [5.41, 5.74) is 0.890. The molecule has 4 rings (SSSR count). The van der Waals surface area contributed by atoms with Crippen molar-refractivity contribution in [2.24, 2.45) is 5.92 Å². The highest BCUT2D eigenvalue weighted by Gasteiger charge is 2.37. The zero-order valence-corrected chi connectivity index (χ0v) is 14.6. The predicted molar refractivity (Wildman–Crippen MR) is 94.1 cm³/mol. The summed E-state index contributed by atoms with van der Waals surface area (Å²) in [6.07, 6.45) is 5.77. The summed E-state index contributed by atoms with van der Waals surface area (Å²) in [6, 6.07) is 7.96. The molecule has 132 valence electrons. The maximum atomic E-state index is 13.2. The molecule has 4 heterocycles. The molecule has 6 nitrogen and oxygen atoms in total. The van der Waals surface area contributed by atoms with E-state index in [-0.39, 0.29) is 17.9 Å². The van der Waals surface area contributed by atoms with Gasteiger partial charge in [0, 0.05) is 31.9 Å². The number of nitrogens with zero attached hydrogens (tertiary/aromatic N) is 4. The lowest BCUT2D eigenvalue weighted by atomic mass is 9.96. The molecule has 0 radical (unpaired) electrons. The van der Waals surface area contributed by atoms with Crippen LogP contribution < -0.4 is 4.90 Å². The average Bonchev–Trinajstić information content (AvgIpc) is 3.30. The van der Waals surface area contributed by atoms with Gasteiger partial charge in [-0.05, 0) is 44.7 Å². The Labute approximate surface area is 147 Å². The molecule has 2 aliphatic heterocycles. The number of hydrogen-bond donors (Lipinski definition) is 0. The number of piperidine rings is 1. The Kier molecular flexibility index (Phi) is 4.42. The van der Waals surface area contributed by atoms with Crippen molar-refractivity contribution in [2.75, 3.05) is 24.5 Å². The fourth-order valence-corrected chi connectivity index (χ4v) is 4.04. The quantitative estimate of drug-likeness (QED) is 0.859. The van der Waals surface area contributed by atoms with Gasteiger partial charge in [0.05, 0.1) is 12.0 Å². The van der Waals surface area contributed by atoms with Gasteiger partial charge in [0.25, 0.3) is 0 Å². The van der Waals surface area contributed by atoms with Crippen LogP contribution in [0.4, 0.5) is 5.82 Å². The van der Waals surface area contributed by atoms with Crippen LogP contribution in [0.1, 0.15) is 43.2 Å². The first-order valence-electron chi connectivity index (χ1n) is 9.12. The molecule has 25 heavy (non-hydrogen) atoms. The number of likely N-dealkylation sites (tertiary alicyclic amines) is 1. The summed E-state index contributed by atoms with van der Waals surface area (Å²) in [7, 11) is 0. The lowest BCUT2D eigenvalue weighted by molar-refractivity contribution is -0.136. The van der Waals surface area contributed by atoms with Crippen LogP contribution in [0.2, 0.25) is 0 Å². The standard InChI is InChI=1S/C19H24N4O2/c1-14-12-16(21-25-14)17-7-5-11-23(17)19(24)15-6-4-10-22(13-15)18-8-2-3-9-20-18/h2-3,8-9,12,15,17H,4-7,10-11,13H2,1H3. The second kappa shape index (κ2) is 6.86. The van der Waals surface area contributed by atoms with E-state index in [1.165, 1.54) is 0 Å². The van der Waals surface area contributed by atoms with Gasteiger partial charge in [-0.3, -0.25) is 4.79 Å². The van der Waals surface area contributed by atoms with Crippen LogP contribution >= 0.6 is 0 Å². The maximum Gasteiger partial charge on any atom is 0.228 e. The molecule has 2 aliphatic rings. The first-order valence-corrected chi connectivity index (χ1v) is 9.12. The van der Waals surface area contributed by atoms with Crippen LogP contribution in [-0.2, 0) is 4.79 Å². The molecule has 0 aliphatic carbocycles. The smallest absolute Gasteiger partial charge is 0.228 e. The van der Waals surface area contributed by atoms with E-state index in [0.717, 1.165) is 62.6 Å². The van der Waals surface area contributed by atoms with Crippen molar-refractivity contribution in [1.82, 2.24) is 15.0 Å². The molecule has 0 bridgehead atoms. The van der Waals surface area contributed by atoms with E-state index in [1.807, 2.05) is 42.3 Å². The largest absolute Gasteiger partial charge is 0.361 e. The number of aryl methyl sites for hydroxylation is 1. The molecule has 2 fully saturated rings. The van der Waals surface area contributed by atoms with Crippen molar-refractivity contribution in [1.29, 1.82) is 0 Å². The number of carbonyl (C=O) groups excluding carboxylic acids is 1. The molecule has 0 N–H and O–H groups in total. The van der Waals surface area contributed by atoms with Gasteiger partial charge < -0.3 is 14.3 Å². The van der Waals surface area contributed by atoms with E-state index in [1.54, 1.807) is 0 Å². The molecule has 6 heteroatoms. The number of carbonyl (C=O) groups is 1. The minimum absolute atomic E-state index is 0.0318. The van der Waals surface area contributed by atoms with Crippen LogP contribution in [-0.4, -0.2) is 40.6 Å². The van der Waals surface area contributed by atoms with Crippen molar-refractivity contribution in [3.63, 3.8) is 0 Å². The molecule has 2 aromatic rings. The maximum absolute atomic E-state index is 13.2. The fourth-order valence-electron chi connectivity index (χ4n) is 4.04. The second-order valence-electron chi connectivity index (χ2n) is 7.03. The number of amides is 1. The van der Waals surface area contributed by atoms with Crippen LogP contribution in [0.3, 0.4) is 0 Å². The third kappa shape index (κ3) is 3.25. The van der Waals surface area contributed by atoms with Gasteiger partial charge in [0.15, 0.2) is 0 Å². The summed E-state index contributed by atoms with van der Waals surface area (Å²) in [5, 5.41) is 4.15. The monoisotopic (exact) mass is 340 g/mol. The first-order chi connectivity index (χ1) is 12.2. The van der Waals surface area contributed by atoms with E-state index in [0.29, 0.717) is 0 Å². The number of pyridine rings is 1. The lowest BCUT2D eigenvalue weighted by Crippen LogP contribution is -2.45. The van der Waals surface area contributed by atoms with E-state index < -0.39 is 0 Å². The molecule has 2 aromatic heterocycles. The number of anilines is 1. The Hall–Kier alpha value is -2.37. The van der Waals surface area contributed by atoms with Crippen molar-refractivity contribution in [3.05, 3.63) is 41.9 Å². The molecule has 1 amide bonds. The predicted octanol–water partition coefficient (Wildman–Crippen LogP) is 2.96. The topological polar surface area (TPSA) is 62.5 Å². The van der Waals surface area contributed by atoms with Crippen LogP contribution in [0, 0.1) is 12.8 Å². The molecule has 0 aromatic carbocycles. The summed E-state index contributed by atoms with van der Waals surface area (Å²) >= 11 is 0. The highest BCUT2D eigenvalue weighted by atomic mass is 16.5. The summed E-state index contributed by atoms with van der Waals surface area (Å²) in [4.78, 5) is 21.9. The zero-order valence-electron chi connectivity index (χ0n) is 14.6. The zero-order chi connectivity index (χ0) is 17.2. The van der Waals surface area contributed by atoms with E-state index in [2.05, 4.69) is 15.0 Å². The van der Waals surface area contributed by atoms with E-state index in [4.69, 9.17) is 4.52 Å². The molecule has 2 atom stereocenters. The summed E-state index contributed by atoms with van der Waals surface area (Å²) in [6.45, 7) is 4.42. The molecular formula is C19H24N4O2. The van der Waals surface area contributed by atoms with Gasteiger partial charge in [-0.2, -0.15) is 0 Å². The Balaban J connectivity index is 1.48. The van der Waals surface area contributed by atoms with Crippen LogP contribution in [0.15, 0.2) is 35.0 Å². The summed E-state index contributed by atoms with van der Waals surface area (Å²) < 4.78 is 5.22. The average molecular weight is 340 g/mol. The minimum Gasteiger partial charge on any atom is -0.361 e. The highest BCUT2D eigenvalue weighted by molar-refractivity contribution is 5.80. The molecule has 0 saturated carbocycles. The Morgan fingerprint density at radius 1 is 1.24 bits per heavy atom. The number of hydrogen-bond acceptors (Lipinski definition) is 5. The van der Waals surface area contributed by atoms with Crippen molar-refractivity contribution >= 4 is 11.7 Å².